The Morgan fingerprint density at radius 2 is 1.74 bits per heavy atom. The average molecular weight is 271 g/mol. The van der Waals surface area contributed by atoms with Crippen LogP contribution in [0, 0.1) is 0 Å². The molecule has 1 heterocycles. The van der Waals surface area contributed by atoms with Gasteiger partial charge in [0, 0.05) is 25.2 Å². The Bertz CT molecular complexity index is 339. The first kappa shape index (κ1) is 15.9. The predicted molar refractivity (Wildman–Crippen MR) is 72.6 cm³/mol. The van der Waals surface area contributed by atoms with Gasteiger partial charge < -0.3 is 20.2 Å². The number of carbonyl (C=O) groups is 2. The lowest BCUT2D eigenvalue weighted by molar-refractivity contribution is -0.151. The van der Waals surface area contributed by atoms with Gasteiger partial charge in [-0.25, -0.2) is 0 Å². The van der Waals surface area contributed by atoms with Crippen molar-refractivity contribution in [3.05, 3.63) is 0 Å². The summed E-state index contributed by atoms with van der Waals surface area (Å²) in [5.74, 6) is -0.158. The van der Waals surface area contributed by atoms with Gasteiger partial charge in [0.1, 0.15) is 0 Å². The number of nitrogens with zero attached hydrogens (tertiary/aromatic N) is 2. The maximum Gasteiger partial charge on any atom is 0.242 e. The summed E-state index contributed by atoms with van der Waals surface area (Å²) in [6.45, 7) is 9.21. The fourth-order valence-electron chi connectivity index (χ4n) is 1.90. The highest BCUT2D eigenvalue weighted by atomic mass is 16.3. The third-order valence-electron chi connectivity index (χ3n) is 3.04. The molecule has 1 aliphatic heterocycles. The van der Waals surface area contributed by atoms with Gasteiger partial charge >= 0.3 is 0 Å². The van der Waals surface area contributed by atoms with Crippen LogP contribution in [0.25, 0.3) is 0 Å². The molecule has 0 bridgehead atoms. The summed E-state index contributed by atoms with van der Waals surface area (Å²) < 4.78 is 0. The van der Waals surface area contributed by atoms with Crippen molar-refractivity contribution in [3.63, 3.8) is 0 Å². The monoisotopic (exact) mass is 271 g/mol. The molecule has 2 N–H and O–H groups in total. The minimum absolute atomic E-state index is 0.0573. The van der Waals surface area contributed by atoms with Crippen molar-refractivity contribution in [1.29, 1.82) is 0 Å². The zero-order valence-corrected chi connectivity index (χ0v) is 12.3. The molecule has 19 heavy (non-hydrogen) atoms. The van der Waals surface area contributed by atoms with Crippen LogP contribution in [0.4, 0.5) is 0 Å². The third-order valence-corrected chi connectivity index (χ3v) is 3.04. The Morgan fingerprint density at radius 1 is 1.21 bits per heavy atom. The maximum atomic E-state index is 11.8. The van der Waals surface area contributed by atoms with E-state index in [0.717, 1.165) is 0 Å². The number of piperazine rings is 1. The molecule has 1 unspecified atom stereocenters. The van der Waals surface area contributed by atoms with E-state index in [1.165, 1.54) is 9.80 Å². The van der Waals surface area contributed by atoms with Gasteiger partial charge in [0.05, 0.1) is 19.2 Å². The third kappa shape index (κ3) is 5.16. The first-order valence-electron chi connectivity index (χ1n) is 6.71. The second-order valence-corrected chi connectivity index (χ2v) is 5.97. The molecular weight excluding hydrogens is 246 g/mol. The predicted octanol–water partition coefficient (Wildman–Crippen LogP) is -0.574. The van der Waals surface area contributed by atoms with Crippen molar-refractivity contribution < 1.29 is 14.7 Å². The molecule has 1 aliphatic rings. The Hall–Kier alpha value is -1.14. The zero-order chi connectivity index (χ0) is 14.6. The van der Waals surface area contributed by atoms with Crippen LogP contribution < -0.4 is 5.32 Å². The first-order valence-corrected chi connectivity index (χ1v) is 6.71. The van der Waals surface area contributed by atoms with E-state index in [1.54, 1.807) is 0 Å². The maximum absolute atomic E-state index is 11.8. The van der Waals surface area contributed by atoms with Crippen molar-refractivity contribution in [2.45, 2.75) is 39.3 Å². The van der Waals surface area contributed by atoms with Gasteiger partial charge in [0.15, 0.2) is 0 Å². The van der Waals surface area contributed by atoms with Crippen LogP contribution in [0.1, 0.15) is 27.7 Å². The fraction of sp³-hybridized carbons (Fsp3) is 0.846. The van der Waals surface area contributed by atoms with Crippen LogP contribution in [0.5, 0.6) is 0 Å². The molecule has 0 aliphatic carbocycles. The number of rotatable bonds is 5. The molecule has 0 aromatic carbocycles. The second-order valence-electron chi connectivity index (χ2n) is 5.97. The SMILES string of the molecule is CCN1CC(=O)N(CC(O)CNC(C)(C)C)CC1=O. The number of hydrogen-bond acceptors (Lipinski definition) is 4. The minimum Gasteiger partial charge on any atom is -0.390 e. The fourth-order valence-corrected chi connectivity index (χ4v) is 1.90. The van der Waals surface area contributed by atoms with Crippen molar-refractivity contribution in [2.75, 3.05) is 32.7 Å². The molecule has 6 heteroatoms. The van der Waals surface area contributed by atoms with Crippen molar-refractivity contribution >= 4 is 11.8 Å². The van der Waals surface area contributed by atoms with Gasteiger partial charge in [-0.2, -0.15) is 0 Å². The summed E-state index contributed by atoms with van der Waals surface area (Å²) in [6, 6.07) is 0. The quantitative estimate of drug-likeness (QED) is 0.702. The molecular formula is C13H25N3O3. The van der Waals surface area contributed by atoms with Crippen LogP contribution in [0.3, 0.4) is 0 Å². The molecule has 0 saturated carbocycles. The lowest BCUT2D eigenvalue weighted by Gasteiger charge is -2.34. The molecule has 0 aromatic rings. The van der Waals surface area contributed by atoms with E-state index in [-0.39, 0.29) is 37.0 Å². The largest absolute Gasteiger partial charge is 0.390 e. The van der Waals surface area contributed by atoms with E-state index in [0.29, 0.717) is 13.1 Å². The molecule has 110 valence electrons. The number of aliphatic hydroxyl groups is 1. The van der Waals surface area contributed by atoms with Crippen LogP contribution in [-0.2, 0) is 9.59 Å². The molecule has 1 atom stereocenters. The van der Waals surface area contributed by atoms with Crippen LogP contribution in [-0.4, -0.2) is 71.1 Å². The van der Waals surface area contributed by atoms with E-state index in [1.807, 2.05) is 27.7 Å². The average Bonchev–Trinajstić information content (AvgIpc) is 2.30. The van der Waals surface area contributed by atoms with E-state index >= 15 is 0 Å². The van der Waals surface area contributed by atoms with Gasteiger partial charge in [-0.1, -0.05) is 0 Å². The molecule has 0 aromatic heterocycles. The van der Waals surface area contributed by atoms with Crippen LogP contribution >= 0.6 is 0 Å². The Morgan fingerprint density at radius 3 is 2.26 bits per heavy atom. The number of β-amino-alcohol motifs (C(OH)–C–C–N with tert-alkyl or cyclic N) is 1. The molecule has 6 nitrogen and oxygen atoms in total. The molecule has 1 fully saturated rings. The molecule has 1 saturated heterocycles. The normalized spacial score (nSPS) is 19.0. The highest BCUT2D eigenvalue weighted by molar-refractivity contribution is 5.92. The summed E-state index contributed by atoms with van der Waals surface area (Å²) in [4.78, 5) is 26.5. The van der Waals surface area contributed by atoms with Crippen molar-refractivity contribution in [1.82, 2.24) is 15.1 Å². The summed E-state index contributed by atoms with van der Waals surface area (Å²) in [6.07, 6.45) is -0.663. The number of amides is 2. The van der Waals surface area contributed by atoms with E-state index in [2.05, 4.69) is 5.32 Å². The van der Waals surface area contributed by atoms with Gasteiger partial charge in [0.25, 0.3) is 0 Å². The Kier molecular flexibility index (Phi) is 5.31. The smallest absolute Gasteiger partial charge is 0.242 e. The molecule has 0 radical (unpaired) electrons. The van der Waals surface area contributed by atoms with Crippen LogP contribution in [0.2, 0.25) is 0 Å². The van der Waals surface area contributed by atoms with Gasteiger partial charge in [-0.15, -0.1) is 0 Å². The highest BCUT2D eigenvalue weighted by Crippen LogP contribution is 2.06. The van der Waals surface area contributed by atoms with E-state index < -0.39 is 6.10 Å². The topological polar surface area (TPSA) is 72.9 Å². The number of carbonyl (C=O) groups excluding carboxylic acids is 2. The Balaban J connectivity index is 2.44. The number of nitrogens with one attached hydrogen (secondary N) is 1. The van der Waals surface area contributed by atoms with Crippen molar-refractivity contribution in [2.24, 2.45) is 0 Å². The first-order chi connectivity index (χ1) is 8.73. The van der Waals surface area contributed by atoms with Gasteiger partial charge in [0.2, 0.25) is 11.8 Å². The van der Waals surface area contributed by atoms with E-state index in [9.17, 15) is 14.7 Å². The number of aliphatic hydroxyl groups excluding tert-OH is 1. The lowest BCUT2D eigenvalue weighted by Crippen LogP contribution is -2.56. The molecule has 1 rings (SSSR count). The number of likely N-dealkylation sites (N-methyl/N-ethyl adjacent to an activating group) is 1. The lowest BCUT2D eigenvalue weighted by atomic mass is 10.1. The summed E-state index contributed by atoms with van der Waals surface area (Å²) >= 11 is 0. The second kappa shape index (κ2) is 6.34. The molecule has 0 spiro atoms. The summed E-state index contributed by atoms with van der Waals surface area (Å²) in [5, 5.41) is 13.1. The summed E-state index contributed by atoms with van der Waals surface area (Å²) in [7, 11) is 0. The van der Waals surface area contributed by atoms with Crippen molar-refractivity contribution in [3.8, 4) is 0 Å². The number of hydrogen-bond donors (Lipinski definition) is 2. The van der Waals surface area contributed by atoms with Gasteiger partial charge in [-0.05, 0) is 27.7 Å². The van der Waals surface area contributed by atoms with Crippen LogP contribution in [0.15, 0.2) is 0 Å². The highest BCUT2D eigenvalue weighted by Gasteiger charge is 2.30. The zero-order valence-electron chi connectivity index (χ0n) is 12.3. The van der Waals surface area contributed by atoms with Gasteiger partial charge in [-0.3, -0.25) is 9.59 Å². The standard InChI is InChI=1S/C13H25N3O3/c1-5-15-8-12(19)16(9-11(15)18)7-10(17)6-14-13(2,3)4/h10,14,17H,5-9H2,1-4H3. The van der Waals surface area contributed by atoms with E-state index in [4.69, 9.17) is 0 Å². The minimum atomic E-state index is -0.663. The Labute approximate surface area is 114 Å². The molecule has 2 amide bonds. The summed E-state index contributed by atoms with van der Waals surface area (Å²) in [5.41, 5.74) is -0.0816.